The third kappa shape index (κ3) is 1.81. The summed E-state index contributed by atoms with van der Waals surface area (Å²) in [5, 5.41) is 3.24. The quantitative estimate of drug-likeness (QED) is 0.757. The van der Waals surface area contributed by atoms with Gasteiger partial charge >= 0.3 is 0 Å². The summed E-state index contributed by atoms with van der Waals surface area (Å²) in [7, 11) is 3.62. The van der Waals surface area contributed by atoms with Crippen molar-refractivity contribution in [1.82, 2.24) is 10.2 Å². The highest BCUT2D eigenvalue weighted by molar-refractivity contribution is 5.69. The second-order valence-electron chi connectivity index (χ2n) is 4.17. The summed E-state index contributed by atoms with van der Waals surface area (Å²) < 4.78 is 5.10. The lowest BCUT2D eigenvalue weighted by Gasteiger charge is -2.22. The monoisotopic (exact) mass is 220 g/mol. The van der Waals surface area contributed by atoms with Crippen LogP contribution < -0.4 is 10.1 Å². The SMILES string of the molecule is COc1ccc([C@@]2(C=O)CN(C)CN2)cc1. The van der Waals surface area contributed by atoms with Crippen molar-refractivity contribution < 1.29 is 9.53 Å². The Kier molecular flexibility index (Phi) is 2.94. The minimum atomic E-state index is -0.568. The Morgan fingerprint density at radius 3 is 2.56 bits per heavy atom. The molecule has 1 heterocycles. The van der Waals surface area contributed by atoms with Crippen molar-refractivity contribution in [2.24, 2.45) is 0 Å². The van der Waals surface area contributed by atoms with E-state index in [1.165, 1.54) is 0 Å². The first-order valence-corrected chi connectivity index (χ1v) is 5.24. The second kappa shape index (κ2) is 4.23. The molecule has 1 saturated heterocycles. The molecule has 1 atom stereocenters. The molecule has 1 aromatic carbocycles. The summed E-state index contributed by atoms with van der Waals surface area (Å²) in [6.07, 6.45) is 0.984. The highest BCUT2D eigenvalue weighted by atomic mass is 16.5. The lowest BCUT2D eigenvalue weighted by Crippen LogP contribution is -2.41. The minimum absolute atomic E-state index is 0.568. The lowest BCUT2D eigenvalue weighted by molar-refractivity contribution is -0.112. The minimum Gasteiger partial charge on any atom is -0.497 e. The lowest BCUT2D eigenvalue weighted by atomic mass is 9.92. The van der Waals surface area contributed by atoms with Gasteiger partial charge < -0.3 is 9.53 Å². The van der Waals surface area contributed by atoms with Gasteiger partial charge in [-0.25, -0.2) is 0 Å². The number of methoxy groups -OCH3 is 1. The van der Waals surface area contributed by atoms with Gasteiger partial charge in [0, 0.05) is 13.2 Å². The van der Waals surface area contributed by atoms with E-state index >= 15 is 0 Å². The van der Waals surface area contributed by atoms with Crippen molar-refractivity contribution >= 4 is 6.29 Å². The van der Waals surface area contributed by atoms with E-state index < -0.39 is 5.54 Å². The van der Waals surface area contributed by atoms with Gasteiger partial charge in [-0.2, -0.15) is 0 Å². The number of hydrogen-bond donors (Lipinski definition) is 1. The summed E-state index contributed by atoms with van der Waals surface area (Å²) in [5.41, 5.74) is 0.411. The third-order valence-corrected chi connectivity index (χ3v) is 2.99. The van der Waals surface area contributed by atoms with Crippen molar-refractivity contribution in [2.45, 2.75) is 5.54 Å². The molecule has 2 rings (SSSR count). The van der Waals surface area contributed by atoms with E-state index in [1.807, 2.05) is 31.3 Å². The van der Waals surface area contributed by atoms with Crippen LogP contribution in [0.1, 0.15) is 5.56 Å². The Morgan fingerprint density at radius 2 is 2.12 bits per heavy atom. The number of benzene rings is 1. The maximum atomic E-state index is 11.3. The van der Waals surface area contributed by atoms with Crippen LogP contribution >= 0.6 is 0 Å². The van der Waals surface area contributed by atoms with Crippen molar-refractivity contribution in [1.29, 1.82) is 0 Å². The zero-order valence-corrected chi connectivity index (χ0v) is 9.56. The first-order chi connectivity index (χ1) is 7.70. The van der Waals surface area contributed by atoms with Crippen LogP contribution in [0.2, 0.25) is 0 Å². The number of carbonyl (C=O) groups is 1. The molecule has 1 aromatic rings. The fourth-order valence-electron chi connectivity index (χ4n) is 2.04. The van der Waals surface area contributed by atoms with Crippen LogP contribution in [0.4, 0.5) is 0 Å². The maximum absolute atomic E-state index is 11.3. The van der Waals surface area contributed by atoms with Gasteiger partial charge in [0.15, 0.2) is 0 Å². The number of nitrogens with one attached hydrogen (secondary N) is 1. The molecule has 1 aliphatic rings. The van der Waals surface area contributed by atoms with Crippen LogP contribution in [0, 0.1) is 0 Å². The number of carbonyl (C=O) groups excluding carboxylic acids is 1. The average molecular weight is 220 g/mol. The van der Waals surface area contributed by atoms with Gasteiger partial charge in [-0.1, -0.05) is 12.1 Å². The molecule has 1 aliphatic heterocycles. The molecule has 0 saturated carbocycles. The fraction of sp³-hybridized carbons (Fsp3) is 0.417. The van der Waals surface area contributed by atoms with Crippen LogP contribution in [0.5, 0.6) is 5.75 Å². The van der Waals surface area contributed by atoms with Gasteiger partial charge in [-0.05, 0) is 24.7 Å². The number of nitrogens with zero attached hydrogens (tertiary/aromatic N) is 1. The van der Waals surface area contributed by atoms with Crippen LogP contribution in [-0.2, 0) is 10.3 Å². The number of ether oxygens (including phenoxy) is 1. The second-order valence-corrected chi connectivity index (χ2v) is 4.17. The summed E-state index contributed by atoms with van der Waals surface area (Å²) in [4.78, 5) is 13.4. The molecule has 0 bridgehead atoms. The van der Waals surface area contributed by atoms with Crippen LogP contribution in [0.3, 0.4) is 0 Å². The molecule has 4 nitrogen and oxygen atoms in total. The van der Waals surface area contributed by atoms with Gasteiger partial charge in [0.2, 0.25) is 0 Å². The maximum Gasteiger partial charge on any atom is 0.145 e. The van der Waals surface area contributed by atoms with E-state index in [9.17, 15) is 4.79 Å². The highest BCUT2D eigenvalue weighted by Crippen LogP contribution is 2.25. The zero-order valence-electron chi connectivity index (χ0n) is 9.56. The van der Waals surface area contributed by atoms with E-state index in [0.29, 0.717) is 6.54 Å². The first kappa shape index (κ1) is 11.1. The Hall–Kier alpha value is -1.39. The van der Waals surface area contributed by atoms with Crippen molar-refractivity contribution in [3.05, 3.63) is 29.8 Å². The van der Waals surface area contributed by atoms with Crippen LogP contribution in [-0.4, -0.2) is 38.6 Å². The van der Waals surface area contributed by atoms with Crippen LogP contribution in [0.25, 0.3) is 0 Å². The molecule has 0 aliphatic carbocycles. The molecule has 4 heteroatoms. The fourth-order valence-corrected chi connectivity index (χ4v) is 2.04. The predicted octanol–water partition coefficient (Wildman–Crippen LogP) is 0.582. The highest BCUT2D eigenvalue weighted by Gasteiger charge is 2.37. The number of aldehydes is 1. The average Bonchev–Trinajstić information content (AvgIpc) is 2.72. The smallest absolute Gasteiger partial charge is 0.145 e. The summed E-state index contributed by atoms with van der Waals surface area (Å²) >= 11 is 0. The molecular formula is C12H16N2O2. The van der Waals surface area contributed by atoms with Gasteiger partial charge in [-0.3, -0.25) is 10.2 Å². The largest absolute Gasteiger partial charge is 0.497 e. The molecular weight excluding hydrogens is 204 g/mol. The Labute approximate surface area is 95.2 Å². The topological polar surface area (TPSA) is 41.6 Å². The van der Waals surface area contributed by atoms with Crippen molar-refractivity contribution in [3.63, 3.8) is 0 Å². The van der Waals surface area contributed by atoms with Gasteiger partial charge in [0.05, 0.1) is 7.11 Å². The molecule has 0 spiro atoms. The van der Waals surface area contributed by atoms with E-state index in [2.05, 4.69) is 10.2 Å². The molecule has 16 heavy (non-hydrogen) atoms. The van der Waals surface area contributed by atoms with Gasteiger partial charge in [-0.15, -0.1) is 0 Å². The third-order valence-electron chi connectivity index (χ3n) is 2.99. The molecule has 86 valence electrons. The van der Waals surface area contributed by atoms with Crippen LogP contribution in [0.15, 0.2) is 24.3 Å². The van der Waals surface area contributed by atoms with Gasteiger partial charge in [0.25, 0.3) is 0 Å². The predicted molar refractivity (Wildman–Crippen MR) is 61.4 cm³/mol. The molecule has 0 amide bonds. The summed E-state index contributed by atoms with van der Waals surface area (Å²) in [5.74, 6) is 0.802. The Balaban J connectivity index is 2.30. The van der Waals surface area contributed by atoms with Crippen molar-refractivity contribution in [3.8, 4) is 5.75 Å². The number of rotatable bonds is 3. The zero-order chi connectivity index (χ0) is 11.6. The molecule has 0 radical (unpaired) electrons. The number of likely N-dealkylation sites (N-methyl/N-ethyl adjacent to an activating group) is 1. The standard InChI is InChI=1S/C12H16N2O2/c1-14-7-12(8-15,13-9-14)10-3-5-11(16-2)6-4-10/h3-6,8,13H,7,9H2,1-2H3/t12-/m0/s1. The molecule has 1 fully saturated rings. The van der Waals surface area contributed by atoms with E-state index in [0.717, 1.165) is 24.3 Å². The van der Waals surface area contributed by atoms with E-state index in [1.54, 1.807) is 7.11 Å². The molecule has 1 N–H and O–H groups in total. The summed E-state index contributed by atoms with van der Waals surface area (Å²) in [6.45, 7) is 1.42. The molecule has 0 unspecified atom stereocenters. The van der Waals surface area contributed by atoms with Gasteiger partial charge in [0.1, 0.15) is 17.6 Å². The Morgan fingerprint density at radius 1 is 1.44 bits per heavy atom. The first-order valence-electron chi connectivity index (χ1n) is 5.24. The molecule has 0 aromatic heterocycles. The summed E-state index contributed by atoms with van der Waals surface area (Å²) in [6, 6.07) is 7.61. The number of hydrogen-bond acceptors (Lipinski definition) is 4. The normalized spacial score (nSPS) is 25.6. The van der Waals surface area contributed by atoms with E-state index in [-0.39, 0.29) is 0 Å². The Bertz CT molecular complexity index is 377. The van der Waals surface area contributed by atoms with Crippen molar-refractivity contribution in [2.75, 3.05) is 27.4 Å². The van der Waals surface area contributed by atoms with E-state index in [4.69, 9.17) is 4.74 Å².